The van der Waals surface area contributed by atoms with Gasteiger partial charge in [0.2, 0.25) is 10.0 Å². The zero-order valence-electron chi connectivity index (χ0n) is 15.3. The number of carbonyl (C=O) groups is 1. The van der Waals surface area contributed by atoms with Gasteiger partial charge in [0.15, 0.2) is 0 Å². The van der Waals surface area contributed by atoms with E-state index in [-0.39, 0.29) is 5.60 Å². The predicted octanol–water partition coefficient (Wildman–Crippen LogP) is 1.71. The van der Waals surface area contributed by atoms with E-state index in [1.54, 1.807) is 24.3 Å². The number of likely N-dealkylation sites (N-methyl/N-ethyl adjacent to an activating group) is 1. The number of nitrogens with one attached hydrogen (secondary N) is 1. The topological polar surface area (TPSA) is 95.9 Å². The molecule has 0 saturated carbocycles. The molecular weight excluding hydrogens is 401 g/mol. The molecule has 2 aliphatic rings. The lowest BCUT2D eigenvalue weighted by Gasteiger charge is -2.48. The van der Waals surface area contributed by atoms with Gasteiger partial charge in [-0.2, -0.15) is 13.2 Å². The molecule has 2 aliphatic heterocycles. The van der Waals surface area contributed by atoms with Crippen LogP contribution in [-0.4, -0.2) is 69.5 Å². The SMILES string of the molecule is CN1CC2(C1)OCCC2CCNS(=O)(=O)c1ccccc1.O=C(O)C(F)(F)F. The third-order valence-electron chi connectivity index (χ3n) is 4.76. The van der Waals surface area contributed by atoms with Crippen LogP contribution in [-0.2, 0) is 19.6 Å². The molecule has 2 heterocycles. The minimum atomic E-state index is -5.08. The fourth-order valence-corrected chi connectivity index (χ4v) is 4.53. The molecule has 2 N–H and O–H groups in total. The van der Waals surface area contributed by atoms with Crippen LogP contribution in [0.15, 0.2) is 35.2 Å². The molecule has 158 valence electrons. The van der Waals surface area contributed by atoms with E-state index >= 15 is 0 Å². The number of carboxylic acids is 1. The van der Waals surface area contributed by atoms with Crippen LogP contribution in [0, 0.1) is 5.92 Å². The molecule has 3 rings (SSSR count). The summed E-state index contributed by atoms with van der Waals surface area (Å²) in [5.74, 6) is -2.31. The lowest BCUT2D eigenvalue weighted by molar-refractivity contribution is -0.192. The summed E-state index contributed by atoms with van der Waals surface area (Å²) in [6, 6.07) is 8.51. The number of alkyl halides is 3. The Morgan fingerprint density at radius 1 is 1.32 bits per heavy atom. The first-order valence-corrected chi connectivity index (χ1v) is 10.1. The molecule has 1 atom stereocenters. The molecule has 1 spiro atoms. The van der Waals surface area contributed by atoms with Crippen molar-refractivity contribution in [3.63, 3.8) is 0 Å². The van der Waals surface area contributed by atoms with Crippen LogP contribution >= 0.6 is 0 Å². The smallest absolute Gasteiger partial charge is 0.475 e. The Kier molecular flexibility index (Phi) is 7.07. The third kappa shape index (κ3) is 5.66. The quantitative estimate of drug-likeness (QED) is 0.747. The number of nitrogens with zero attached hydrogens (tertiary/aromatic N) is 1. The van der Waals surface area contributed by atoms with E-state index < -0.39 is 22.2 Å². The summed E-state index contributed by atoms with van der Waals surface area (Å²) in [5, 5.41) is 7.12. The number of hydrogen-bond acceptors (Lipinski definition) is 5. The Morgan fingerprint density at radius 2 is 1.89 bits per heavy atom. The highest BCUT2D eigenvalue weighted by Crippen LogP contribution is 2.40. The van der Waals surface area contributed by atoms with Gasteiger partial charge in [0.05, 0.1) is 10.5 Å². The summed E-state index contributed by atoms with van der Waals surface area (Å²) < 4.78 is 64.7. The maximum absolute atomic E-state index is 12.2. The van der Waals surface area contributed by atoms with Crippen LogP contribution < -0.4 is 4.72 Å². The number of hydrogen-bond donors (Lipinski definition) is 2. The molecule has 1 aromatic carbocycles. The summed E-state index contributed by atoms with van der Waals surface area (Å²) >= 11 is 0. The highest BCUT2D eigenvalue weighted by atomic mass is 32.2. The summed E-state index contributed by atoms with van der Waals surface area (Å²) in [4.78, 5) is 11.5. The largest absolute Gasteiger partial charge is 0.490 e. The molecule has 0 radical (unpaired) electrons. The molecular formula is C17H23F3N2O5S. The van der Waals surface area contributed by atoms with Gasteiger partial charge in [0.1, 0.15) is 0 Å². The highest BCUT2D eigenvalue weighted by molar-refractivity contribution is 7.89. The Morgan fingerprint density at radius 3 is 2.39 bits per heavy atom. The van der Waals surface area contributed by atoms with E-state index in [1.165, 1.54) is 0 Å². The number of halogens is 3. The van der Waals surface area contributed by atoms with Crippen molar-refractivity contribution in [3.8, 4) is 0 Å². The third-order valence-corrected chi connectivity index (χ3v) is 6.23. The Hall–Kier alpha value is -1.69. The van der Waals surface area contributed by atoms with Crippen LogP contribution in [0.25, 0.3) is 0 Å². The van der Waals surface area contributed by atoms with E-state index in [2.05, 4.69) is 16.7 Å². The fourth-order valence-electron chi connectivity index (χ4n) is 3.46. The van der Waals surface area contributed by atoms with E-state index in [0.29, 0.717) is 17.4 Å². The number of ether oxygens (including phenoxy) is 1. The molecule has 1 unspecified atom stereocenters. The number of sulfonamides is 1. The normalized spacial score (nSPS) is 21.6. The molecule has 7 nitrogen and oxygen atoms in total. The number of benzene rings is 1. The average molecular weight is 424 g/mol. The zero-order valence-corrected chi connectivity index (χ0v) is 16.1. The lowest BCUT2D eigenvalue weighted by atomic mass is 9.79. The Labute approximate surface area is 161 Å². The van der Waals surface area contributed by atoms with Gasteiger partial charge in [0.25, 0.3) is 0 Å². The number of carboxylic acid groups (broad SMARTS) is 1. The van der Waals surface area contributed by atoms with Gasteiger partial charge in [-0.25, -0.2) is 17.9 Å². The van der Waals surface area contributed by atoms with Gasteiger partial charge >= 0.3 is 12.1 Å². The van der Waals surface area contributed by atoms with Gasteiger partial charge < -0.3 is 14.7 Å². The monoisotopic (exact) mass is 424 g/mol. The first kappa shape index (κ1) is 22.6. The Balaban J connectivity index is 0.000000345. The molecule has 2 saturated heterocycles. The number of rotatable bonds is 5. The average Bonchev–Trinajstić information content (AvgIpc) is 2.99. The van der Waals surface area contributed by atoms with Crippen molar-refractivity contribution in [1.29, 1.82) is 0 Å². The maximum Gasteiger partial charge on any atom is 0.490 e. The summed E-state index contributed by atoms with van der Waals surface area (Å²) in [7, 11) is -1.30. The molecule has 1 aromatic rings. The van der Waals surface area contributed by atoms with Gasteiger partial charge in [0, 0.05) is 26.2 Å². The fraction of sp³-hybridized carbons (Fsp3) is 0.588. The van der Waals surface area contributed by atoms with Crippen LogP contribution in [0.4, 0.5) is 13.2 Å². The second kappa shape index (κ2) is 8.76. The van der Waals surface area contributed by atoms with Gasteiger partial charge in [-0.15, -0.1) is 0 Å². The van der Waals surface area contributed by atoms with Crippen LogP contribution in [0.5, 0.6) is 0 Å². The van der Waals surface area contributed by atoms with Crippen molar-refractivity contribution in [1.82, 2.24) is 9.62 Å². The van der Waals surface area contributed by atoms with Gasteiger partial charge in [-0.3, -0.25) is 0 Å². The van der Waals surface area contributed by atoms with Crippen LogP contribution in [0.2, 0.25) is 0 Å². The minimum Gasteiger partial charge on any atom is -0.475 e. The molecule has 0 bridgehead atoms. The second-order valence-electron chi connectivity index (χ2n) is 6.87. The van der Waals surface area contributed by atoms with E-state index in [1.807, 2.05) is 6.07 Å². The zero-order chi connectivity index (χ0) is 21.0. The minimum absolute atomic E-state index is 0.0209. The molecule has 0 aromatic heterocycles. The molecule has 0 amide bonds. The second-order valence-corrected chi connectivity index (χ2v) is 8.64. The lowest BCUT2D eigenvalue weighted by Crippen LogP contribution is -2.63. The summed E-state index contributed by atoms with van der Waals surface area (Å²) in [6.45, 7) is 3.19. The summed E-state index contributed by atoms with van der Waals surface area (Å²) in [5.41, 5.74) is -0.0209. The van der Waals surface area contributed by atoms with Crippen LogP contribution in [0.1, 0.15) is 12.8 Å². The number of likely N-dealkylation sites (tertiary alicyclic amines) is 1. The van der Waals surface area contributed by atoms with Crippen molar-refractivity contribution in [2.45, 2.75) is 29.5 Å². The Bertz CT molecular complexity index is 765. The van der Waals surface area contributed by atoms with Gasteiger partial charge in [-0.05, 0) is 37.9 Å². The van der Waals surface area contributed by atoms with Gasteiger partial charge in [-0.1, -0.05) is 18.2 Å². The predicted molar refractivity (Wildman–Crippen MR) is 94.2 cm³/mol. The molecule has 2 fully saturated rings. The first-order valence-electron chi connectivity index (χ1n) is 8.64. The van der Waals surface area contributed by atoms with Crippen molar-refractivity contribution in [2.75, 3.05) is 33.3 Å². The van der Waals surface area contributed by atoms with Crippen molar-refractivity contribution in [3.05, 3.63) is 30.3 Å². The van der Waals surface area contributed by atoms with Crippen molar-refractivity contribution in [2.24, 2.45) is 5.92 Å². The molecule has 28 heavy (non-hydrogen) atoms. The van der Waals surface area contributed by atoms with Crippen LogP contribution in [0.3, 0.4) is 0 Å². The highest BCUT2D eigenvalue weighted by Gasteiger charge is 2.51. The maximum atomic E-state index is 12.2. The van der Waals surface area contributed by atoms with E-state index in [0.717, 1.165) is 32.5 Å². The number of aliphatic carboxylic acids is 1. The van der Waals surface area contributed by atoms with E-state index in [4.69, 9.17) is 14.6 Å². The van der Waals surface area contributed by atoms with E-state index in [9.17, 15) is 21.6 Å². The first-order chi connectivity index (χ1) is 13.0. The molecule has 11 heteroatoms. The molecule has 0 aliphatic carbocycles. The standard InChI is InChI=1S/C15H22N2O3S.C2HF3O2/c1-17-11-15(12-17)13(8-10-20-15)7-9-16-21(18,19)14-5-3-2-4-6-14;3-2(4,5)1(6)7/h2-6,13,16H,7-12H2,1H3;(H,6,7). The summed E-state index contributed by atoms with van der Waals surface area (Å²) in [6.07, 6.45) is -3.22. The van der Waals surface area contributed by atoms with Crippen molar-refractivity contribution >= 4 is 16.0 Å². The van der Waals surface area contributed by atoms with Crippen molar-refractivity contribution < 1.29 is 36.2 Å².